The van der Waals surface area contributed by atoms with Gasteiger partial charge in [-0.3, -0.25) is 4.79 Å². The van der Waals surface area contributed by atoms with Crippen LogP contribution in [0.3, 0.4) is 0 Å². The number of carboxylic acids is 1. The molecule has 0 saturated heterocycles. The molecular weight excluding hydrogens is 267 g/mol. The summed E-state index contributed by atoms with van der Waals surface area (Å²) in [7, 11) is 0. The van der Waals surface area contributed by atoms with E-state index in [1.54, 1.807) is 6.07 Å². The summed E-state index contributed by atoms with van der Waals surface area (Å²) >= 11 is 1.14. The Morgan fingerprint density at radius 1 is 1.47 bits per heavy atom. The topological polar surface area (TPSA) is 55.1 Å². The molecule has 0 fully saturated rings. The maximum Gasteiger partial charge on any atom is 0.313 e. The third kappa shape index (κ3) is 2.89. The van der Waals surface area contributed by atoms with E-state index in [9.17, 15) is 9.18 Å². The second kappa shape index (κ2) is 4.85. The van der Waals surface area contributed by atoms with Crippen molar-refractivity contribution in [3.05, 3.63) is 24.0 Å². The summed E-state index contributed by atoms with van der Waals surface area (Å²) < 4.78 is 15.2. The molecule has 1 aromatic heterocycles. The molecule has 0 unspecified atom stereocenters. The highest BCUT2D eigenvalue weighted by Gasteiger charge is 2.22. The molecule has 2 aromatic rings. The van der Waals surface area contributed by atoms with Crippen molar-refractivity contribution >= 4 is 28.8 Å². The van der Waals surface area contributed by atoms with Gasteiger partial charge in [0, 0.05) is 11.6 Å². The lowest BCUT2D eigenvalue weighted by Crippen LogP contribution is -2.22. The molecule has 0 spiro atoms. The van der Waals surface area contributed by atoms with Crippen molar-refractivity contribution in [2.24, 2.45) is 0 Å². The monoisotopic (exact) mass is 282 g/mol. The van der Waals surface area contributed by atoms with Crippen molar-refractivity contribution < 1.29 is 14.3 Å². The number of imidazole rings is 1. The average molecular weight is 282 g/mol. The molecule has 2 rings (SSSR count). The van der Waals surface area contributed by atoms with Gasteiger partial charge in [0.25, 0.3) is 0 Å². The zero-order valence-corrected chi connectivity index (χ0v) is 11.8. The summed E-state index contributed by atoms with van der Waals surface area (Å²) in [4.78, 5) is 15.0. The highest BCUT2D eigenvalue weighted by atomic mass is 32.2. The zero-order valence-electron chi connectivity index (χ0n) is 11.0. The molecule has 6 heteroatoms. The average Bonchev–Trinajstić information content (AvgIpc) is 2.63. The van der Waals surface area contributed by atoms with Crippen LogP contribution < -0.4 is 0 Å². The molecule has 4 nitrogen and oxygen atoms in total. The van der Waals surface area contributed by atoms with E-state index in [0.29, 0.717) is 10.7 Å². The van der Waals surface area contributed by atoms with E-state index in [1.165, 1.54) is 12.1 Å². The van der Waals surface area contributed by atoms with Crippen LogP contribution in [0.15, 0.2) is 23.4 Å². The van der Waals surface area contributed by atoms with E-state index in [-0.39, 0.29) is 17.1 Å². The largest absolute Gasteiger partial charge is 0.481 e. The van der Waals surface area contributed by atoms with Crippen LogP contribution in [0.5, 0.6) is 0 Å². The molecule has 102 valence electrons. The van der Waals surface area contributed by atoms with Gasteiger partial charge in [0.1, 0.15) is 5.82 Å². The van der Waals surface area contributed by atoms with E-state index in [0.717, 1.165) is 17.3 Å². The molecule has 0 aliphatic rings. The van der Waals surface area contributed by atoms with Crippen LogP contribution in [-0.4, -0.2) is 26.4 Å². The molecule has 0 saturated carbocycles. The van der Waals surface area contributed by atoms with Gasteiger partial charge >= 0.3 is 5.97 Å². The predicted octanol–water partition coefficient (Wildman–Crippen LogP) is 3.11. The molecule has 1 heterocycles. The van der Waals surface area contributed by atoms with Gasteiger partial charge in [-0.15, -0.1) is 0 Å². The highest BCUT2D eigenvalue weighted by molar-refractivity contribution is 7.99. The van der Waals surface area contributed by atoms with E-state index in [2.05, 4.69) is 4.98 Å². The smallest absolute Gasteiger partial charge is 0.313 e. The van der Waals surface area contributed by atoms with Gasteiger partial charge in [0.2, 0.25) is 0 Å². The SMILES string of the molecule is CC(C)(C)n1c(SCC(=O)O)nc2cc(F)ccc21. The summed E-state index contributed by atoms with van der Waals surface area (Å²) in [5, 5.41) is 9.36. The first-order valence-electron chi connectivity index (χ1n) is 5.82. The molecular formula is C13H15FN2O2S. The van der Waals surface area contributed by atoms with Gasteiger partial charge in [0.05, 0.1) is 16.8 Å². The van der Waals surface area contributed by atoms with Crippen molar-refractivity contribution in [2.75, 3.05) is 5.75 Å². The van der Waals surface area contributed by atoms with Gasteiger partial charge in [-0.05, 0) is 32.9 Å². The first-order valence-corrected chi connectivity index (χ1v) is 6.80. The van der Waals surface area contributed by atoms with Crippen molar-refractivity contribution in [3.8, 4) is 0 Å². The molecule has 1 N–H and O–H groups in total. The Hall–Kier alpha value is -1.56. The number of rotatable bonds is 3. The van der Waals surface area contributed by atoms with E-state index in [1.807, 2.05) is 25.3 Å². The molecule has 0 bridgehead atoms. The van der Waals surface area contributed by atoms with Gasteiger partial charge in [-0.2, -0.15) is 0 Å². The number of nitrogens with zero attached hydrogens (tertiary/aromatic N) is 2. The van der Waals surface area contributed by atoms with Crippen molar-refractivity contribution in [3.63, 3.8) is 0 Å². The van der Waals surface area contributed by atoms with Crippen LogP contribution in [0, 0.1) is 5.82 Å². The molecule has 0 atom stereocenters. The number of halogens is 1. The molecule has 1 aromatic carbocycles. The quantitative estimate of drug-likeness (QED) is 0.879. The number of hydrogen-bond acceptors (Lipinski definition) is 3. The molecule has 0 radical (unpaired) electrons. The second-order valence-corrected chi connectivity index (χ2v) is 6.16. The van der Waals surface area contributed by atoms with E-state index >= 15 is 0 Å². The summed E-state index contributed by atoms with van der Waals surface area (Å²) in [5.74, 6) is -1.31. The zero-order chi connectivity index (χ0) is 14.2. The Morgan fingerprint density at radius 3 is 2.74 bits per heavy atom. The number of aliphatic carboxylic acids is 1. The Kier molecular flexibility index (Phi) is 3.54. The maximum absolute atomic E-state index is 13.2. The van der Waals surface area contributed by atoms with Gasteiger partial charge in [0.15, 0.2) is 5.16 Å². The number of aromatic nitrogens is 2. The first-order chi connectivity index (χ1) is 8.79. The Balaban J connectivity index is 2.58. The first kappa shape index (κ1) is 13.9. The number of benzene rings is 1. The fraction of sp³-hybridized carbons (Fsp3) is 0.385. The number of hydrogen-bond donors (Lipinski definition) is 1. The molecule has 0 aliphatic carbocycles. The predicted molar refractivity (Wildman–Crippen MR) is 73.0 cm³/mol. The Labute approximate surface area is 114 Å². The molecule has 0 aliphatic heterocycles. The lowest BCUT2D eigenvalue weighted by Gasteiger charge is -2.24. The number of carboxylic acid groups (broad SMARTS) is 1. The van der Waals surface area contributed by atoms with E-state index in [4.69, 9.17) is 5.11 Å². The van der Waals surface area contributed by atoms with Gasteiger partial charge < -0.3 is 9.67 Å². The van der Waals surface area contributed by atoms with Crippen molar-refractivity contribution in [1.82, 2.24) is 9.55 Å². The Bertz CT molecular complexity index is 631. The van der Waals surface area contributed by atoms with Crippen molar-refractivity contribution in [2.45, 2.75) is 31.5 Å². The highest BCUT2D eigenvalue weighted by Crippen LogP contribution is 2.30. The van der Waals surface area contributed by atoms with Crippen molar-refractivity contribution in [1.29, 1.82) is 0 Å². The number of fused-ring (bicyclic) bond motifs is 1. The second-order valence-electron chi connectivity index (χ2n) is 5.22. The minimum absolute atomic E-state index is 0.0676. The van der Waals surface area contributed by atoms with Crippen LogP contribution in [0.2, 0.25) is 0 Å². The Morgan fingerprint density at radius 2 is 2.16 bits per heavy atom. The summed E-state index contributed by atoms with van der Waals surface area (Å²) in [6.45, 7) is 6.01. The fourth-order valence-electron chi connectivity index (χ4n) is 1.90. The van der Waals surface area contributed by atoms with Crippen LogP contribution in [-0.2, 0) is 10.3 Å². The molecule has 0 amide bonds. The van der Waals surface area contributed by atoms with Gasteiger partial charge in [-0.1, -0.05) is 11.8 Å². The number of carbonyl (C=O) groups is 1. The summed E-state index contributed by atoms with van der Waals surface area (Å²) in [6.07, 6.45) is 0. The van der Waals surface area contributed by atoms with Crippen LogP contribution in [0.25, 0.3) is 11.0 Å². The minimum atomic E-state index is -0.899. The summed E-state index contributed by atoms with van der Waals surface area (Å²) in [6, 6.07) is 4.42. The normalized spacial score (nSPS) is 12.0. The van der Waals surface area contributed by atoms with Crippen LogP contribution in [0.1, 0.15) is 20.8 Å². The summed E-state index contributed by atoms with van der Waals surface area (Å²) in [5.41, 5.74) is 1.09. The number of thioether (sulfide) groups is 1. The van der Waals surface area contributed by atoms with E-state index < -0.39 is 5.97 Å². The maximum atomic E-state index is 13.2. The minimum Gasteiger partial charge on any atom is -0.481 e. The lowest BCUT2D eigenvalue weighted by molar-refractivity contribution is -0.133. The standard InChI is InChI=1S/C13H15FN2O2S/c1-13(2,3)16-10-5-4-8(14)6-9(10)15-12(16)19-7-11(17)18/h4-6H,7H2,1-3H3,(H,17,18). The van der Waals surface area contributed by atoms with Crippen LogP contribution >= 0.6 is 11.8 Å². The fourth-order valence-corrected chi connectivity index (χ4v) is 2.82. The third-order valence-electron chi connectivity index (χ3n) is 2.58. The van der Waals surface area contributed by atoms with Gasteiger partial charge in [-0.25, -0.2) is 9.37 Å². The molecule has 19 heavy (non-hydrogen) atoms. The third-order valence-corrected chi connectivity index (χ3v) is 3.50. The lowest BCUT2D eigenvalue weighted by atomic mass is 10.1. The van der Waals surface area contributed by atoms with Crippen LogP contribution in [0.4, 0.5) is 4.39 Å².